The zero-order valence-corrected chi connectivity index (χ0v) is 19.8. The lowest BCUT2D eigenvalue weighted by molar-refractivity contribution is 0.0952. The number of anilines is 1. The summed E-state index contributed by atoms with van der Waals surface area (Å²) >= 11 is 0. The van der Waals surface area contributed by atoms with Crippen LogP contribution in [0.2, 0.25) is 0 Å². The van der Waals surface area contributed by atoms with Crippen molar-refractivity contribution in [2.75, 3.05) is 25.0 Å². The molecule has 0 aliphatic carbocycles. The summed E-state index contributed by atoms with van der Waals surface area (Å²) in [6.45, 7) is 1.16. The lowest BCUT2D eigenvalue weighted by Crippen LogP contribution is -2.28. The molecule has 0 saturated carbocycles. The number of benzene rings is 3. The Bertz CT molecular complexity index is 1400. The first kappa shape index (κ1) is 23.3. The molecule has 0 aliphatic rings. The third-order valence-corrected chi connectivity index (χ3v) is 7.36. The molecule has 0 atom stereocenters. The number of imidazole rings is 1. The number of hydrogen-bond acceptors (Lipinski definition) is 5. The Morgan fingerprint density at radius 3 is 2.59 bits per heavy atom. The Hall–Kier alpha value is -3.85. The van der Waals surface area contributed by atoms with E-state index in [0.717, 1.165) is 11.0 Å². The van der Waals surface area contributed by atoms with E-state index in [0.29, 0.717) is 30.9 Å². The number of hydrogen-bond donors (Lipinski definition) is 1. The number of fused-ring (bicyclic) bond motifs is 1. The number of para-hydroxylation sites is 2. The number of carbonyl (C=O) groups is 1. The van der Waals surface area contributed by atoms with Gasteiger partial charge in [-0.2, -0.15) is 0 Å². The molecule has 1 N–H and O–H groups in total. The predicted molar refractivity (Wildman–Crippen MR) is 132 cm³/mol. The minimum atomic E-state index is -3.84. The van der Waals surface area contributed by atoms with Crippen molar-refractivity contribution in [1.29, 1.82) is 0 Å². The van der Waals surface area contributed by atoms with Crippen molar-refractivity contribution in [3.05, 3.63) is 84.7 Å². The number of aromatic nitrogens is 2. The van der Waals surface area contributed by atoms with Gasteiger partial charge in [0.25, 0.3) is 15.9 Å². The molecule has 0 radical (unpaired) electrons. The van der Waals surface area contributed by atoms with Crippen molar-refractivity contribution in [3.63, 3.8) is 0 Å². The third kappa shape index (κ3) is 4.89. The number of amides is 1. The number of sulfonamides is 1. The highest BCUT2D eigenvalue weighted by atomic mass is 32.2. The maximum absolute atomic E-state index is 13.1. The van der Waals surface area contributed by atoms with E-state index < -0.39 is 10.0 Å². The van der Waals surface area contributed by atoms with Gasteiger partial charge < -0.3 is 14.6 Å². The van der Waals surface area contributed by atoms with Crippen LogP contribution < -0.4 is 14.4 Å². The van der Waals surface area contributed by atoms with Crippen LogP contribution in [0, 0.1) is 0 Å². The van der Waals surface area contributed by atoms with E-state index in [1.807, 2.05) is 28.8 Å². The molecule has 9 heteroatoms. The number of ether oxygens (including phenoxy) is 1. The van der Waals surface area contributed by atoms with E-state index in [1.54, 1.807) is 49.8 Å². The smallest absolute Gasteiger partial charge is 0.264 e. The zero-order valence-electron chi connectivity index (χ0n) is 19.0. The van der Waals surface area contributed by atoms with Gasteiger partial charge in [-0.25, -0.2) is 13.4 Å². The van der Waals surface area contributed by atoms with Crippen molar-refractivity contribution in [2.24, 2.45) is 0 Å². The van der Waals surface area contributed by atoms with Crippen molar-refractivity contribution < 1.29 is 17.9 Å². The van der Waals surface area contributed by atoms with E-state index in [-0.39, 0.29) is 16.4 Å². The highest BCUT2D eigenvalue weighted by molar-refractivity contribution is 7.92. The molecular formula is C25H26N4O4S. The fraction of sp³-hybridized carbons (Fsp3) is 0.200. The number of nitrogens with zero attached hydrogens (tertiary/aromatic N) is 3. The van der Waals surface area contributed by atoms with Gasteiger partial charge in [0.05, 0.1) is 35.1 Å². The van der Waals surface area contributed by atoms with Crippen molar-refractivity contribution in [2.45, 2.75) is 17.9 Å². The second kappa shape index (κ2) is 9.96. The van der Waals surface area contributed by atoms with Crippen LogP contribution in [0.1, 0.15) is 16.8 Å². The van der Waals surface area contributed by atoms with Gasteiger partial charge in [-0.05, 0) is 61.0 Å². The standard InChI is InChI=1S/C25H26N4O4S/c1-28(20-11-13-21(33-2)14-12-20)34(31,32)22-8-5-7-19(17-22)25(30)26-15-6-16-29-18-27-23-9-3-4-10-24(23)29/h3-5,7-14,17-18H,6,15-16H2,1-2H3,(H,26,30). The fourth-order valence-corrected chi connectivity index (χ4v) is 4.87. The topological polar surface area (TPSA) is 93.5 Å². The molecule has 0 bridgehead atoms. The molecule has 176 valence electrons. The van der Waals surface area contributed by atoms with Crippen LogP contribution >= 0.6 is 0 Å². The summed E-state index contributed by atoms with van der Waals surface area (Å²) in [7, 11) is -0.818. The van der Waals surface area contributed by atoms with Crippen LogP contribution in [-0.2, 0) is 16.6 Å². The van der Waals surface area contributed by atoms with Gasteiger partial charge in [-0.3, -0.25) is 9.10 Å². The number of nitrogens with one attached hydrogen (secondary N) is 1. The average molecular weight is 479 g/mol. The quantitative estimate of drug-likeness (QED) is 0.370. The summed E-state index contributed by atoms with van der Waals surface area (Å²) in [6.07, 6.45) is 2.50. The first-order valence-electron chi connectivity index (χ1n) is 10.8. The molecule has 0 unspecified atom stereocenters. The van der Waals surface area contributed by atoms with Gasteiger partial charge in [0, 0.05) is 25.7 Å². The van der Waals surface area contributed by atoms with Gasteiger partial charge >= 0.3 is 0 Å². The van der Waals surface area contributed by atoms with Crippen molar-refractivity contribution in [1.82, 2.24) is 14.9 Å². The SMILES string of the molecule is COc1ccc(N(C)S(=O)(=O)c2cccc(C(=O)NCCCn3cnc4ccccc43)c2)cc1. The van der Waals surface area contributed by atoms with E-state index in [9.17, 15) is 13.2 Å². The van der Waals surface area contributed by atoms with Crippen molar-refractivity contribution in [3.8, 4) is 5.75 Å². The second-order valence-electron chi connectivity index (χ2n) is 7.73. The van der Waals surface area contributed by atoms with Gasteiger partial charge in [0.2, 0.25) is 0 Å². The average Bonchev–Trinajstić information content (AvgIpc) is 3.29. The molecule has 4 rings (SSSR count). The largest absolute Gasteiger partial charge is 0.497 e. The Morgan fingerprint density at radius 2 is 1.82 bits per heavy atom. The molecule has 0 fully saturated rings. The Kier molecular flexibility index (Phi) is 6.83. The second-order valence-corrected chi connectivity index (χ2v) is 9.70. The molecule has 4 aromatic rings. The number of rotatable bonds is 9. The highest BCUT2D eigenvalue weighted by Gasteiger charge is 2.22. The molecule has 34 heavy (non-hydrogen) atoms. The molecule has 1 aromatic heterocycles. The van der Waals surface area contributed by atoms with Crippen LogP contribution in [0.5, 0.6) is 5.75 Å². The summed E-state index contributed by atoms with van der Waals surface area (Å²) in [5.74, 6) is 0.314. The Balaban J connectivity index is 1.39. The predicted octanol–water partition coefficient (Wildman–Crippen LogP) is 3.69. The summed E-state index contributed by atoms with van der Waals surface area (Å²) in [5, 5.41) is 2.87. The molecule has 0 aliphatic heterocycles. The number of carbonyl (C=O) groups excluding carboxylic acids is 1. The molecule has 3 aromatic carbocycles. The van der Waals surface area contributed by atoms with Gasteiger partial charge in [-0.1, -0.05) is 18.2 Å². The summed E-state index contributed by atoms with van der Waals surface area (Å²) in [4.78, 5) is 17.1. The van der Waals surface area contributed by atoms with Crippen LogP contribution in [-0.4, -0.2) is 44.6 Å². The van der Waals surface area contributed by atoms with E-state index in [4.69, 9.17) is 4.74 Å². The van der Waals surface area contributed by atoms with E-state index >= 15 is 0 Å². The van der Waals surface area contributed by atoms with E-state index in [1.165, 1.54) is 23.5 Å². The molecular weight excluding hydrogens is 452 g/mol. The lowest BCUT2D eigenvalue weighted by Gasteiger charge is -2.20. The monoisotopic (exact) mass is 478 g/mol. The Labute approximate surface area is 198 Å². The van der Waals surface area contributed by atoms with Crippen molar-refractivity contribution >= 4 is 32.7 Å². The molecule has 0 spiro atoms. The maximum atomic E-state index is 13.1. The van der Waals surface area contributed by atoms with E-state index in [2.05, 4.69) is 10.3 Å². The number of aryl methyl sites for hydroxylation is 1. The summed E-state index contributed by atoms with van der Waals surface area (Å²) in [5.41, 5.74) is 2.76. The van der Waals surface area contributed by atoms with Gasteiger partial charge in [0.1, 0.15) is 5.75 Å². The third-order valence-electron chi connectivity index (χ3n) is 5.58. The zero-order chi connectivity index (χ0) is 24.1. The van der Waals surface area contributed by atoms with Gasteiger partial charge in [0.15, 0.2) is 0 Å². The molecule has 8 nitrogen and oxygen atoms in total. The lowest BCUT2D eigenvalue weighted by atomic mass is 10.2. The van der Waals surface area contributed by atoms with Crippen LogP contribution in [0.3, 0.4) is 0 Å². The summed E-state index contributed by atoms with van der Waals surface area (Å²) < 4.78 is 34.6. The van der Waals surface area contributed by atoms with Gasteiger partial charge in [-0.15, -0.1) is 0 Å². The summed E-state index contributed by atoms with van der Waals surface area (Å²) in [6, 6.07) is 20.6. The minimum Gasteiger partial charge on any atom is -0.497 e. The molecule has 1 heterocycles. The van der Waals surface area contributed by atoms with Crippen LogP contribution in [0.15, 0.2) is 84.0 Å². The molecule has 1 amide bonds. The first-order valence-corrected chi connectivity index (χ1v) is 12.3. The molecule has 0 saturated heterocycles. The minimum absolute atomic E-state index is 0.0448. The first-order chi connectivity index (χ1) is 16.4. The van der Waals surface area contributed by atoms with Crippen LogP contribution in [0.25, 0.3) is 11.0 Å². The normalized spacial score (nSPS) is 11.4. The maximum Gasteiger partial charge on any atom is 0.264 e. The Morgan fingerprint density at radius 1 is 1.06 bits per heavy atom. The number of methoxy groups -OCH3 is 1. The highest BCUT2D eigenvalue weighted by Crippen LogP contribution is 2.24. The van der Waals surface area contributed by atoms with Crippen LogP contribution in [0.4, 0.5) is 5.69 Å². The fourth-order valence-electron chi connectivity index (χ4n) is 3.63.